The van der Waals surface area contributed by atoms with E-state index < -0.39 is 7.12 Å². The SMILES string of the molecule is Cl.OB(O)C[C@@H]1CCCN1. The monoisotopic (exact) mass is 165 g/mol. The summed E-state index contributed by atoms with van der Waals surface area (Å²) in [5, 5.41) is 20.2. The highest BCUT2D eigenvalue weighted by Gasteiger charge is 2.19. The number of hydrogen-bond donors (Lipinski definition) is 3. The predicted molar refractivity (Wildman–Crippen MR) is 43.3 cm³/mol. The van der Waals surface area contributed by atoms with Gasteiger partial charge in [-0.25, -0.2) is 0 Å². The molecule has 60 valence electrons. The van der Waals surface area contributed by atoms with Crippen molar-refractivity contribution in [3.63, 3.8) is 0 Å². The zero-order valence-electron chi connectivity index (χ0n) is 5.79. The van der Waals surface area contributed by atoms with E-state index in [1.807, 2.05) is 0 Å². The molecular weight excluding hydrogens is 152 g/mol. The van der Waals surface area contributed by atoms with Crippen LogP contribution in [0.1, 0.15) is 12.8 Å². The second-order valence-corrected chi connectivity index (χ2v) is 2.51. The van der Waals surface area contributed by atoms with Crippen LogP contribution in [0.3, 0.4) is 0 Å². The Balaban J connectivity index is 0.000000810. The van der Waals surface area contributed by atoms with E-state index in [2.05, 4.69) is 5.32 Å². The van der Waals surface area contributed by atoms with Gasteiger partial charge >= 0.3 is 7.12 Å². The third kappa shape index (κ3) is 3.41. The van der Waals surface area contributed by atoms with Crippen molar-refractivity contribution in [2.45, 2.75) is 25.2 Å². The summed E-state index contributed by atoms with van der Waals surface area (Å²) < 4.78 is 0. The molecule has 0 saturated carbocycles. The molecule has 1 heterocycles. The van der Waals surface area contributed by atoms with Gasteiger partial charge in [0.05, 0.1) is 0 Å². The molecule has 0 aliphatic carbocycles. The lowest BCUT2D eigenvalue weighted by atomic mass is 9.81. The molecular formula is C5H13BClNO2. The van der Waals surface area contributed by atoms with Crippen molar-refractivity contribution < 1.29 is 10.0 Å². The van der Waals surface area contributed by atoms with Gasteiger partial charge in [-0.2, -0.15) is 0 Å². The molecule has 0 aromatic rings. The lowest BCUT2D eigenvalue weighted by Crippen LogP contribution is -2.27. The van der Waals surface area contributed by atoms with Crippen LogP contribution >= 0.6 is 12.4 Å². The summed E-state index contributed by atoms with van der Waals surface area (Å²) >= 11 is 0. The predicted octanol–water partition coefficient (Wildman–Crippen LogP) is -0.367. The fourth-order valence-electron chi connectivity index (χ4n) is 1.21. The molecule has 10 heavy (non-hydrogen) atoms. The van der Waals surface area contributed by atoms with Crippen LogP contribution in [0.4, 0.5) is 0 Å². The minimum absolute atomic E-state index is 0. The summed E-state index contributed by atoms with van der Waals surface area (Å²) in [5.74, 6) is 0. The summed E-state index contributed by atoms with van der Waals surface area (Å²) in [6.45, 7) is 1.03. The third-order valence-electron chi connectivity index (χ3n) is 1.66. The van der Waals surface area contributed by atoms with Crippen LogP contribution in [-0.4, -0.2) is 29.8 Å². The van der Waals surface area contributed by atoms with Gasteiger partial charge in [0.15, 0.2) is 0 Å². The Morgan fingerprint density at radius 1 is 1.50 bits per heavy atom. The fourth-order valence-corrected chi connectivity index (χ4v) is 1.21. The first kappa shape index (κ1) is 10.2. The maximum Gasteiger partial charge on any atom is 0.453 e. The minimum atomic E-state index is -1.14. The Morgan fingerprint density at radius 3 is 2.60 bits per heavy atom. The van der Waals surface area contributed by atoms with Crippen LogP contribution in [0, 0.1) is 0 Å². The topological polar surface area (TPSA) is 52.5 Å². The Morgan fingerprint density at radius 2 is 2.20 bits per heavy atom. The van der Waals surface area contributed by atoms with E-state index in [4.69, 9.17) is 10.0 Å². The highest BCUT2D eigenvalue weighted by molar-refractivity contribution is 6.41. The highest BCUT2D eigenvalue weighted by atomic mass is 35.5. The number of halogens is 1. The van der Waals surface area contributed by atoms with Crippen molar-refractivity contribution in [3.8, 4) is 0 Å². The Labute approximate surface area is 67.4 Å². The van der Waals surface area contributed by atoms with E-state index in [0.717, 1.165) is 19.4 Å². The largest absolute Gasteiger partial charge is 0.453 e. The lowest BCUT2D eigenvalue weighted by molar-refractivity contribution is 0.394. The number of nitrogens with one attached hydrogen (secondary N) is 1. The zero-order chi connectivity index (χ0) is 6.69. The number of rotatable bonds is 2. The van der Waals surface area contributed by atoms with Gasteiger partial charge in [-0.1, -0.05) is 0 Å². The first-order chi connectivity index (χ1) is 4.29. The maximum absolute atomic E-state index is 8.53. The van der Waals surface area contributed by atoms with E-state index in [1.165, 1.54) is 0 Å². The normalized spacial score (nSPS) is 24.0. The van der Waals surface area contributed by atoms with Crippen molar-refractivity contribution in [1.29, 1.82) is 0 Å². The molecule has 3 nitrogen and oxygen atoms in total. The maximum atomic E-state index is 8.53. The summed E-state index contributed by atoms with van der Waals surface area (Å²) in [5.41, 5.74) is 0. The molecule has 1 saturated heterocycles. The molecule has 1 fully saturated rings. The zero-order valence-corrected chi connectivity index (χ0v) is 6.60. The molecule has 1 aliphatic rings. The van der Waals surface area contributed by atoms with Crippen LogP contribution in [-0.2, 0) is 0 Å². The molecule has 0 unspecified atom stereocenters. The summed E-state index contributed by atoms with van der Waals surface area (Å²) in [6.07, 6.45) is 2.72. The van der Waals surface area contributed by atoms with E-state index in [0.29, 0.717) is 12.4 Å². The molecule has 3 N–H and O–H groups in total. The minimum Gasteiger partial charge on any atom is -0.427 e. The molecule has 0 aromatic carbocycles. The van der Waals surface area contributed by atoms with Crippen molar-refractivity contribution in [1.82, 2.24) is 5.32 Å². The van der Waals surface area contributed by atoms with Crippen molar-refractivity contribution in [2.75, 3.05) is 6.54 Å². The Hall–Kier alpha value is 0.235. The van der Waals surface area contributed by atoms with Gasteiger partial charge in [-0.15, -0.1) is 12.4 Å². The Bertz CT molecular complexity index is 87.7. The molecule has 1 rings (SSSR count). The van der Waals surface area contributed by atoms with E-state index >= 15 is 0 Å². The summed E-state index contributed by atoms with van der Waals surface area (Å²) in [4.78, 5) is 0. The van der Waals surface area contributed by atoms with Gasteiger partial charge in [0.1, 0.15) is 0 Å². The molecule has 0 spiro atoms. The van der Waals surface area contributed by atoms with Crippen LogP contribution in [0.15, 0.2) is 0 Å². The molecule has 0 amide bonds. The smallest absolute Gasteiger partial charge is 0.427 e. The quantitative estimate of drug-likeness (QED) is 0.490. The molecule has 5 heteroatoms. The van der Waals surface area contributed by atoms with Crippen molar-refractivity contribution in [2.24, 2.45) is 0 Å². The van der Waals surface area contributed by atoms with Gasteiger partial charge in [0.2, 0.25) is 0 Å². The van der Waals surface area contributed by atoms with E-state index in [-0.39, 0.29) is 12.4 Å². The van der Waals surface area contributed by atoms with Gasteiger partial charge in [0.25, 0.3) is 0 Å². The molecule has 0 radical (unpaired) electrons. The average molecular weight is 165 g/mol. The van der Waals surface area contributed by atoms with Crippen LogP contribution in [0.2, 0.25) is 6.32 Å². The van der Waals surface area contributed by atoms with Crippen LogP contribution in [0.25, 0.3) is 0 Å². The third-order valence-corrected chi connectivity index (χ3v) is 1.66. The Kier molecular flexibility index (Phi) is 5.08. The molecule has 0 bridgehead atoms. The van der Waals surface area contributed by atoms with Crippen LogP contribution < -0.4 is 5.32 Å². The van der Waals surface area contributed by atoms with Crippen molar-refractivity contribution >= 4 is 19.5 Å². The molecule has 1 atom stereocenters. The lowest BCUT2D eigenvalue weighted by Gasteiger charge is -2.06. The standard InChI is InChI=1S/C5H12BNO2.ClH/c8-6(9)4-5-2-1-3-7-5;/h5,7-9H,1-4H2;1H/t5-;/m0./s1. The van der Waals surface area contributed by atoms with Gasteiger partial charge in [-0.3, -0.25) is 0 Å². The molecule has 1 aliphatic heterocycles. The second kappa shape index (κ2) is 4.96. The van der Waals surface area contributed by atoms with Crippen LogP contribution in [0.5, 0.6) is 0 Å². The van der Waals surface area contributed by atoms with Gasteiger partial charge < -0.3 is 15.4 Å². The van der Waals surface area contributed by atoms with Gasteiger partial charge in [0, 0.05) is 6.04 Å². The number of hydrogen-bond acceptors (Lipinski definition) is 3. The first-order valence-corrected chi connectivity index (χ1v) is 3.38. The van der Waals surface area contributed by atoms with E-state index in [1.54, 1.807) is 0 Å². The second-order valence-electron chi connectivity index (χ2n) is 2.51. The van der Waals surface area contributed by atoms with E-state index in [9.17, 15) is 0 Å². The highest BCUT2D eigenvalue weighted by Crippen LogP contribution is 2.09. The molecule has 0 aromatic heterocycles. The first-order valence-electron chi connectivity index (χ1n) is 3.38. The average Bonchev–Trinajstić information content (AvgIpc) is 2.15. The van der Waals surface area contributed by atoms with Gasteiger partial charge in [-0.05, 0) is 25.7 Å². The fraction of sp³-hybridized carbons (Fsp3) is 1.00. The summed E-state index contributed by atoms with van der Waals surface area (Å²) in [7, 11) is -1.14. The summed E-state index contributed by atoms with van der Waals surface area (Å²) in [6, 6.07) is 0.338. The van der Waals surface area contributed by atoms with Crippen molar-refractivity contribution in [3.05, 3.63) is 0 Å².